The van der Waals surface area contributed by atoms with E-state index in [1.807, 2.05) is 57.2 Å². The van der Waals surface area contributed by atoms with E-state index in [4.69, 9.17) is 22.1 Å². The van der Waals surface area contributed by atoms with Crippen LogP contribution < -0.4 is 10.5 Å². The van der Waals surface area contributed by atoms with Gasteiger partial charge in [0, 0.05) is 15.5 Å². The molecule has 0 aromatic heterocycles. The van der Waals surface area contributed by atoms with Gasteiger partial charge in [0.25, 0.3) is 0 Å². The molecule has 21 heavy (non-hydrogen) atoms. The SMILES string of the molecule is Cc1cc(OC(c2ccc(Cl)cc2)C(C)N)cc(C)c1Br. The first-order chi connectivity index (χ1) is 9.88. The van der Waals surface area contributed by atoms with E-state index in [0.717, 1.165) is 26.9 Å². The van der Waals surface area contributed by atoms with Crippen LogP contribution in [0.4, 0.5) is 0 Å². The summed E-state index contributed by atoms with van der Waals surface area (Å²) in [6.45, 7) is 6.04. The van der Waals surface area contributed by atoms with Gasteiger partial charge < -0.3 is 10.5 Å². The maximum Gasteiger partial charge on any atom is 0.138 e. The smallest absolute Gasteiger partial charge is 0.138 e. The van der Waals surface area contributed by atoms with Crippen LogP contribution in [0.15, 0.2) is 40.9 Å². The van der Waals surface area contributed by atoms with Crippen molar-refractivity contribution in [3.05, 3.63) is 62.6 Å². The van der Waals surface area contributed by atoms with Crippen LogP contribution in [-0.2, 0) is 0 Å². The summed E-state index contributed by atoms with van der Waals surface area (Å²) >= 11 is 9.50. The monoisotopic (exact) mass is 367 g/mol. The van der Waals surface area contributed by atoms with Crippen LogP contribution in [0.1, 0.15) is 29.7 Å². The van der Waals surface area contributed by atoms with Crippen molar-refractivity contribution in [1.29, 1.82) is 0 Å². The summed E-state index contributed by atoms with van der Waals surface area (Å²) < 4.78 is 7.24. The molecule has 0 saturated heterocycles. The topological polar surface area (TPSA) is 35.2 Å². The van der Waals surface area contributed by atoms with E-state index in [1.165, 1.54) is 0 Å². The Kier molecular flexibility index (Phi) is 5.31. The highest BCUT2D eigenvalue weighted by Crippen LogP contribution is 2.30. The predicted molar refractivity (Wildman–Crippen MR) is 92.1 cm³/mol. The second kappa shape index (κ2) is 6.82. The van der Waals surface area contributed by atoms with E-state index < -0.39 is 0 Å². The van der Waals surface area contributed by atoms with Crippen LogP contribution in [0.3, 0.4) is 0 Å². The molecule has 2 aromatic carbocycles. The Morgan fingerprint density at radius 2 is 1.62 bits per heavy atom. The van der Waals surface area contributed by atoms with E-state index in [2.05, 4.69) is 15.9 Å². The molecular formula is C17H19BrClNO. The molecule has 112 valence electrons. The van der Waals surface area contributed by atoms with Gasteiger partial charge in [-0.25, -0.2) is 0 Å². The zero-order valence-electron chi connectivity index (χ0n) is 12.4. The highest BCUT2D eigenvalue weighted by atomic mass is 79.9. The lowest BCUT2D eigenvalue weighted by Crippen LogP contribution is -2.29. The number of aryl methyl sites for hydroxylation is 2. The molecule has 2 atom stereocenters. The summed E-state index contributed by atoms with van der Waals surface area (Å²) in [5.74, 6) is 0.824. The van der Waals surface area contributed by atoms with Crippen LogP contribution in [-0.4, -0.2) is 6.04 Å². The van der Waals surface area contributed by atoms with Crippen molar-refractivity contribution in [3.8, 4) is 5.75 Å². The molecule has 2 rings (SSSR count). The van der Waals surface area contributed by atoms with Gasteiger partial charge in [0.05, 0.1) is 0 Å². The molecular weight excluding hydrogens is 350 g/mol. The molecule has 0 saturated carbocycles. The third kappa shape index (κ3) is 4.00. The number of hydrogen-bond donors (Lipinski definition) is 1. The Balaban J connectivity index is 2.30. The lowest BCUT2D eigenvalue weighted by molar-refractivity contribution is 0.180. The fourth-order valence-electron chi connectivity index (χ4n) is 2.25. The average molecular weight is 369 g/mol. The maximum atomic E-state index is 6.13. The zero-order valence-corrected chi connectivity index (χ0v) is 14.7. The molecule has 0 amide bonds. The van der Waals surface area contributed by atoms with Crippen molar-refractivity contribution < 1.29 is 4.74 Å². The van der Waals surface area contributed by atoms with Crippen LogP contribution in [0.5, 0.6) is 5.75 Å². The molecule has 0 aliphatic rings. The van der Waals surface area contributed by atoms with Gasteiger partial charge >= 0.3 is 0 Å². The molecule has 0 fully saturated rings. The minimum Gasteiger partial charge on any atom is -0.484 e. The lowest BCUT2D eigenvalue weighted by atomic mass is 10.0. The van der Waals surface area contributed by atoms with Gasteiger partial charge in [-0.15, -0.1) is 0 Å². The van der Waals surface area contributed by atoms with E-state index >= 15 is 0 Å². The van der Waals surface area contributed by atoms with E-state index in [0.29, 0.717) is 5.02 Å². The molecule has 2 nitrogen and oxygen atoms in total. The van der Waals surface area contributed by atoms with Gasteiger partial charge in [0.2, 0.25) is 0 Å². The molecule has 0 bridgehead atoms. The molecule has 0 heterocycles. The summed E-state index contributed by atoms with van der Waals surface area (Å²) in [6, 6.07) is 11.5. The van der Waals surface area contributed by atoms with Crippen LogP contribution >= 0.6 is 27.5 Å². The summed E-state index contributed by atoms with van der Waals surface area (Å²) in [4.78, 5) is 0. The van der Waals surface area contributed by atoms with Gasteiger partial charge in [-0.05, 0) is 61.7 Å². The highest BCUT2D eigenvalue weighted by molar-refractivity contribution is 9.10. The Hall–Kier alpha value is -1.03. The normalized spacial score (nSPS) is 13.8. The fraction of sp³-hybridized carbons (Fsp3) is 0.294. The van der Waals surface area contributed by atoms with Crippen molar-refractivity contribution in [2.24, 2.45) is 5.73 Å². The van der Waals surface area contributed by atoms with Crippen molar-refractivity contribution >= 4 is 27.5 Å². The van der Waals surface area contributed by atoms with Crippen molar-refractivity contribution in [2.45, 2.75) is 32.9 Å². The molecule has 0 radical (unpaired) electrons. The number of hydrogen-bond acceptors (Lipinski definition) is 2. The quantitative estimate of drug-likeness (QED) is 0.806. The summed E-state index contributed by atoms with van der Waals surface area (Å²) in [5.41, 5.74) is 9.40. The van der Waals surface area contributed by atoms with Gasteiger partial charge in [-0.2, -0.15) is 0 Å². The van der Waals surface area contributed by atoms with Crippen molar-refractivity contribution in [1.82, 2.24) is 0 Å². The highest BCUT2D eigenvalue weighted by Gasteiger charge is 2.19. The Morgan fingerprint density at radius 1 is 1.10 bits per heavy atom. The Morgan fingerprint density at radius 3 is 2.10 bits per heavy atom. The van der Waals surface area contributed by atoms with Crippen LogP contribution in [0, 0.1) is 13.8 Å². The number of rotatable bonds is 4. The molecule has 2 aromatic rings. The lowest BCUT2D eigenvalue weighted by Gasteiger charge is -2.24. The molecule has 0 spiro atoms. The van der Waals surface area contributed by atoms with Crippen molar-refractivity contribution in [3.63, 3.8) is 0 Å². The molecule has 0 aliphatic carbocycles. The summed E-state index contributed by atoms with van der Waals surface area (Å²) in [7, 11) is 0. The zero-order chi connectivity index (χ0) is 15.6. The number of ether oxygens (including phenoxy) is 1. The number of benzene rings is 2. The average Bonchev–Trinajstić information content (AvgIpc) is 2.43. The minimum atomic E-state index is -0.206. The number of nitrogens with two attached hydrogens (primary N) is 1. The largest absolute Gasteiger partial charge is 0.484 e. The van der Waals surface area contributed by atoms with E-state index in [-0.39, 0.29) is 12.1 Å². The van der Waals surface area contributed by atoms with Gasteiger partial charge in [0.15, 0.2) is 0 Å². The number of halogens is 2. The molecule has 4 heteroatoms. The van der Waals surface area contributed by atoms with Gasteiger partial charge in [-0.1, -0.05) is 39.7 Å². The van der Waals surface area contributed by atoms with Crippen molar-refractivity contribution in [2.75, 3.05) is 0 Å². The summed E-state index contributed by atoms with van der Waals surface area (Å²) in [6.07, 6.45) is -0.206. The first kappa shape index (κ1) is 16.3. The fourth-order valence-corrected chi connectivity index (χ4v) is 2.61. The summed E-state index contributed by atoms with van der Waals surface area (Å²) in [5, 5.41) is 0.706. The molecule has 2 N–H and O–H groups in total. The van der Waals surface area contributed by atoms with E-state index in [1.54, 1.807) is 0 Å². The van der Waals surface area contributed by atoms with Crippen LogP contribution in [0.25, 0.3) is 0 Å². The Labute approximate surface area is 139 Å². The standard InChI is InChI=1S/C17H19BrClNO/c1-10-8-15(9-11(2)16(10)18)21-17(12(3)20)13-4-6-14(19)7-5-13/h4-9,12,17H,20H2,1-3H3. The van der Waals surface area contributed by atoms with E-state index in [9.17, 15) is 0 Å². The van der Waals surface area contributed by atoms with Gasteiger partial charge in [-0.3, -0.25) is 0 Å². The minimum absolute atomic E-state index is 0.129. The second-order valence-electron chi connectivity index (χ2n) is 5.32. The second-order valence-corrected chi connectivity index (χ2v) is 6.55. The predicted octanol–water partition coefficient (Wildman–Crippen LogP) is 5.19. The van der Waals surface area contributed by atoms with Crippen LogP contribution in [0.2, 0.25) is 5.02 Å². The Bertz CT molecular complexity index is 602. The van der Waals surface area contributed by atoms with Gasteiger partial charge in [0.1, 0.15) is 11.9 Å². The first-order valence-electron chi connectivity index (χ1n) is 6.83. The third-order valence-electron chi connectivity index (χ3n) is 3.35. The third-order valence-corrected chi connectivity index (χ3v) is 4.85. The molecule has 2 unspecified atom stereocenters. The maximum absolute atomic E-state index is 6.13. The molecule has 0 aliphatic heterocycles. The first-order valence-corrected chi connectivity index (χ1v) is 8.00.